The van der Waals surface area contributed by atoms with Crippen molar-refractivity contribution in [3.05, 3.63) is 41.3 Å². The van der Waals surface area contributed by atoms with Gasteiger partial charge in [-0.2, -0.15) is 0 Å². The van der Waals surface area contributed by atoms with E-state index in [9.17, 15) is 39.6 Å². The van der Waals surface area contributed by atoms with Crippen LogP contribution in [0.25, 0.3) is 32.3 Å². The number of rotatable bonds is 0. The highest BCUT2D eigenvalue weighted by Gasteiger charge is 2.30. The van der Waals surface area contributed by atoms with Crippen LogP contribution in [-0.2, 0) is 0 Å². The summed E-state index contributed by atoms with van der Waals surface area (Å²) in [4.78, 5) is 48.1. The lowest BCUT2D eigenvalue weighted by Crippen LogP contribution is -2.26. The molecule has 0 unspecified atom stereocenters. The highest BCUT2D eigenvalue weighted by molar-refractivity contribution is 6.26. The van der Waals surface area contributed by atoms with Crippen molar-refractivity contribution >= 4 is 32.3 Å². The maximum Gasteiger partial charge on any atom is 0.350 e. The number of hydrogen-bond donors (Lipinski definition) is 4. The molecule has 0 spiro atoms. The second-order valence-corrected chi connectivity index (χ2v) is 4.99. The normalized spacial score (nSPS) is 11.8. The van der Waals surface area contributed by atoms with Crippen LogP contribution >= 0.6 is 0 Å². The summed E-state index contributed by atoms with van der Waals surface area (Å²) in [6, 6.07) is 0. The van der Waals surface area contributed by atoms with Crippen LogP contribution in [0.5, 0.6) is 23.4 Å². The summed E-state index contributed by atoms with van der Waals surface area (Å²) >= 11 is 0. The lowest BCUT2D eigenvalue weighted by atomic mass is 9.95. The molecular weight excluding hydrogens is 328 g/mol. The highest BCUT2D eigenvalue weighted by atomic mass is 16.5. The van der Waals surface area contributed by atoms with E-state index in [1.165, 1.54) is 0 Å². The molecule has 4 rings (SSSR count). The number of hydrogen-bond acceptors (Lipinski definition) is 10. The molecule has 0 fully saturated rings. The molecule has 0 aliphatic carbocycles. The number of phenolic OH excluding ortho intramolecular Hbond substituents is 2. The van der Waals surface area contributed by atoms with Crippen molar-refractivity contribution in [2.45, 2.75) is 0 Å². The smallest absolute Gasteiger partial charge is 0.350 e. The first-order valence-corrected chi connectivity index (χ1v) is 6.28. The summed E-state index contributed by atoms with van der Waals surface area (Å²) in [5, 5.41) is 35.4. The average molecular weight is 332 g/mol. The number of aromatic hydroxyl groups is 4. The predicted molar refractivity (Wildman–Crippen MR) is 77.6 cm³/mol. The lowest BCUT2D eigenvalue weighted by Gasteiger charge is -2.11. The summed E-state index contributed by atoms with van der Waals surface area (Å²) < 4.78 is 8.79. The third-order valence-electron chi connectivity index (χ3n) is 3.82. The van der Waals surface area contributed by atoms with Gasteiger partial charge >= 0.3 is 11.3 Å². The van der Waals surface area contributed by atoms with Gasteiger partial charge < -0.3 is 29.3 Å². The van der Waals surface area contributed by atoms with Crippen molar-refractivity contribution in [2.24, 2.45) is 0 Å². The van der Waals surface area contributed by atoms with E-state index in [2.05, 4.69) is 8.83 Å². The molecule has 0 bridgehead atoms. The van der Waals surface area contributed by atoms with Gasteiger partial charge in [-0.05, 0) is 0 Å². The van der Waals surface area contributed by atoms with E-state index in [4.69, 9.17) is 0 Å². The van der Waals surface area contributed by atoms with Crippen LogP contribution in [-0.4, -0.2) is 20.4 Å². The molecule has 4 N–H and O–H groups in total. The molecule has 24 heavy (non-hydrogen) atoms. The van der Waals surface area contributed by atoms with Crippen molar-refractivity contribution in [3.8, 4) is 23.4 Å². The third kappa shape index (κ3) is 1.30. The molecule has 0 aliphatic rings. The standard InChI is InChI=1S/C14H4O10/c15-7-3-1-2-5(9(7)17)13(21)24-14(22)6(2)10(18)8(16)4(1)12(20)23-11(3)19/h15,17,20,22H. The Bertz CT molecular complexity index is 1300. The Hall–Kier alpha value is -3.82. The first-order chi connectivity index (χ1) is 11.3. The zero-order valence-electron chi connectivity index (χ0n) is 11.2. The minimum Gasteiger partial charge on any atom is -0.504 e. The topological polar surface area (TPSA) is 175 Å². The van der Waals surface area contributed by atoms with Crippen molar-refractivity contribution in [1.29, 1.82) is 0 Å². The average Bonchev–Trinajstić information content (AvgIpc) is 2.49. The Kier molecular flexibility index (Phi) is 2.26. The second-order valence-electron chi connectivity index (χ2n) is 4.99. The van der Waals surface area contributed by atoms with E-state index in [1.54, 1.807) is 0 Å². The Balaban J connectivity index is 2.73. The van der Waals surface area contributed by atoms with Crippen molar-refractivity contribution in [3.63, 3.8) is 0 Å². The van der Waals surface area contributed by atoms with E-state index in [0.29, 0.717) is 0 Å². The molecule has 2 aromatic heterocycles. The van der Waals surface area contributed by atoms with E-state index < -0.39 is 77.8 Å². The molecule has 0 saturated heterocycles. The zero-order valence-corrected chi connectivity index (χ0v) is 11.2. The van der Waals surface area contributed by atoms with Crippen LogP contribution in [0, 0.1) is 0 Å². The van der Waals surface area contributed by atoms with Gasteiger partial charge in [-0.1, -0.05) is 0 Å². The van der Waals surface area contributed by atoms with Crippen molar-refractivity contribution < 1.29 is 29.3 Å². The summed E-state index contributed by atoms with van der Waals surface area (Å²) in [5.74, 6) is -4.59. The van der Waals surface area contributed by atoms with Crippen LogP contribution < -0.4 is 22.1 Å². The molecule has 0 aliphatic heterocycles. The maximum atomic E-state index is 12.2. The highest BCUT2D eigenvalue weighted by Crippen LogP contribution is 2.44. The fourth-order valence-electron chi connectivity index (χ4n) is 2.86. The van der Waals surface area contributed by atoms with Gasteiger partial charge in [0.1, 0.15) is 21.5 Å². The Labute approximate surface area is 127 Å². The van der Waals surface area contributed by atoms with Gasteiger partial charge in [0.25, 0.3) is 11.9 Å². The molecule has 120 valence electrons. The third-order valence-corrected chi connectivity index (χ3v) is 3.82. The van der Waals surface area contributed by atoms with Gasteiger partial charge in [-0.3, -0.25) is 9.59 Å². The zero-order chi connectivity index (χ0) is 17.5. The Morgan fingerprint density at radius 2 is 0.833 bits per heavy atom. The predicted octanol–water partition coefficient (Wildman–Crippen LogP) is -0.529. The van der Waals surface area contributed by atoms with Crippen molar-refractivity contribution in [1.82, 2.24) is 0 Å². The van der Waals surface area contributed by atoms with Crippen molar-refractivity contribution in [2.75, 3.05) is 0 Å². The fourth-order valence-corrected chi connectivity index (χ4v) is 2.86. The Morgan fingerprint density at radius 1 is 0.500 bits per heavy atom. The van der Waals surface area contributed by atoms with Gasteiger partial charge in [0.15, 0.2) is 11.5 Å². The van der Waals surface area contributed by atoms with Crippen LogP contribution in [0.2, 0.25) is 0 Å². The van der Waals surface area contributed by atoms with Gasteiger partial charge in [0, 0.05) is 10.8 Å². The first kappa shape index (κ1) is 13.8. The molecule has 10 heteroatoms. The Morgan fingerprint density at radius 3 is 1.17 bits per heavy atom. The maximum absolute atomic E-state index is 12.2. The SMILES string of the molecule is O=c1oc(O)c2c(=O)c(=O)c3c(O)oc(=O)c4c(O)c(O)c1c2c43. The van der Waals surface area contributed by atoms with Gasteiger partial charge in [-0.15, -0.1) is 0 Å². The monoisotopic (exact) mass is 332 g/mol. The molecule has 0 saturated carbocycles. The van der Waals surface area contributed by atoms with Crippen LogP contribution in [0.3, 0.4) is 0 Å². The number of phenols is 2. The van der Waals surface area contributed by atoms with E-state index >= 15 is 0 Å². The minimum absolute atomic E-state index is 0.503. The first-order valence-electron chi connectivity index (χ1n) is 6.28. The largest absolute Gasteiger partial charge is 0.504 e. The van der Waals surface area contributed by atoms with Crippen LogP contribution in [0.4, 0.5) is 0 Å². The fraction of sp³-hybridized carbons (Fsp3) is 0. The second kappa shape index (κ2) is 3.93. The van der Waals surface area contributed by atoms with E-state index in [1.807, 2.05) is 0 Å². The van der Waals surface area contributed by atoms with Gasteiger partial charge in [0.2, 0.25) is 10.9 Å². The molecule has 10 nitrogen and oxygen atoms in total. The minimum atomic E-state index is -1.36. The molecule has 2 aromatic carbocycles. The molecule has 0 atom stereocenters. The lowest BCUT2D eigenvalue weighted by molar-refractivity contribution is 0.315. The van der Waals surface area contributed by atoms with Crippen LogP contribution in [0.1, 0.15) is 0 Å². The molecule has 0 radical (unpaired) electrons. The van der Waals surface area contributed by atoms with Crippen LogP contribution in [0.15, 0.2) is 28.0 Å². The van der Waals surface area contributed by atoms with E-state index in [-0.39, 0.29) is 0 Å². The molecule has 2 heterocycles. The van der Waals surface area contributed by atoms with Gasteiger partial charge in [-0.25, -0.2) is 9.59 Å². The molecule has 0 amide bonds. The summed E-state index contributed by atoms with van der Waals surface area (Å²) in [6.07, 6.45) is 0. The summed E-state index contributed by atoms with van der Waals surface area (Å²) in [7, 11) is 0. The summed E-state index contributed by atoms with van der Waals surface area (Å²) in [5.41, 5.74) is -5.38. The van der Waals surface area contributed by atoms with E-state index in [0.717, 1.165) is 0 Å². The van der Waals surface area contributed by atoms with Gasteiger partial charge in [0.05, 0.1) is 0 Å². The molecule has 4 aromatic rings. The quantitative estimate of drug-likeness (QED) is 0.186. The summed E-state index contributed by atoms with van der Waals surface area (Å²) in [6.45, 7) is 0. The number of benzene rings is 2. The molecular formula is C14H4O10.